The van der Waals surface area contributed by atoms with E-state index in [1.54, 1.807) is 0 Å². The van der Waals surface area contributed by atoms with Crippen molar-refractivity contribution >= 4 is 50.1 Å². The van der Waals surface area contributed by atoms with Crippen LogP contribution in [0.3, 0.4) is 0 Å². The maximum Gasteiger partial charge on any atom is 0.337 e. The van der Waals surface area contributed by atoms with Gasteiger partial charge >= 0.3 is 5.97 Å². The molecule has 0 spiro atoms. The largest absolute Gasteiger partial charge is 0.465 e. The highest BCUT2D eigenvalue weighted by atomic mass is 127. The first-order valence-corrected chi connectivity index (χ1v) is 9.75. The highest BCUT2D eigenvalue weighted by molar-refractivity contribution is 14.1. The number of carbonyl (C=O) groups is 1. The summed E-state index contributed by atoms with van der Waals surface area (Å²) in [6.07, 6.45) is 2.00. The first-order valence-electron chi connectivity index (χ1n) is 7.88. The van der Waals surface area contributed by atoms with Crippen molar-refractivity contribution in [3.63, 3.8) is 0 Å². The van der Waals surface area contributed by atoms with Crippen LogP contribution in [0.5, 0.6) is 0 Å². The van der Waals surface area contributed by atoms with Crippen LogP contribution in [0.2, 0.25) is 0 Å². The molecule has 24 heavy (non-hydrogen) atoms. The van der Waals surface area contributed by atoms with E-state index in [4.69, 9.17) is 4.74 Å². The number of ether oxygens (including phenoxy) is 1. The van der Waals surface area contributed by atoms with Gasteiger partial charge < -0.3 is 4.74 Å². The molecule has 0 saturated carbocycles. The van der Waals surface area contributed by atoms with E-state index in [1.807, 2.05) is 18.2 Å². The topological polar surface area (TPSA) is 26.3 Å². The van der Waals surface area contributed by atoms with Gasteiger partial charge in [-0.3, -0.25) is 0 Å². The number of hydrogen-bond acceptors (Lipinski definition) is 2. The molecule has 2 aromatic carbocycles. The molecule has 1 aliphatic carbocycles. The van der Waals surface area contributed by atoms with Crippen molar-refractivity contribution in [3.8, 4) is 0 Å². The smallest absolute Gasteiger partial charge is 0.337 e. The van der Waals surface area contributed by atoms with Crippen LogP contribution in [0.25, 0.3) is 5.57 Å². The molecule has 0 radical (unpaired) electrons. The van der Waals surface area contributed by atoms with Crippen molar-refractivity contribution in [2.24, 2.45) is 5.92 Å². The molecule has 3 rings (SSSR count). The van der Waals surface area contributed by atoms with Gasteiger partial charge in [0.1, 0.15) is 0 Å². The Balaban J connectivity index is 2.17. The molecule has 0 bridgehead atoms. The summed E-state index contributed by atoms with van der Waals surface area (Å²) >= 11 is 6.16. The predicted molar refractivity (Wildman–Crippen MR) is 109 cm³/mol. The van der Waals surface area contributed by atoms with Crippen LogP contribution < -0.4 is 0 Å². The molecule has 0 amide bonds. The quantitative estimate of drug-likeness (QED) is 0.387. The number of esters is 1. The molecular weight excluding hydrogens is 479 g/mol. The fraction of sp³-hybridized carbons (Fsp3) is 0.250. The number of benzene rings is 2. The Morgan fingerprint density at radius 1 is 1.21 bits per heavy atom. The maximum atomic E-state index is 11.9. The normalized spacial score (nSPS) is 17.2. The lowest BCUT2D eigenvalue weighted by molar-refractivity contribution is 0.0600. The fourth-order valence-electron chi connectivity index (χ4n) is 3.07. The maximum absolute atomic E-state index is 11.9. The van der Waals surface area contributed by atoms with Gasteiger partial charge in [-0.15, -0.1) is 0 Å². The molecule has 1 aliphatic rings. The molecule has 0 aliphatic heterocycles. The van der Waals surface area contributed by atoms with E-state index in [-0.39, 0.29) is 5.97 Å². The Kier molecular flexibility index (Phi) is 5.45. The lowest BCUT2D eigenvalue weighted by Gasteiger charge is -2.15. The van der Waals surface area contributed by atoms with Crippen LogP contribution in [0.4, 0.5) is 0 Å². The third kappa shape index (κ3) is 3.45. The van der Waals surface area contributed by atoms with Gasteiger partial charge in [0.15, 0.2) is 0 Å². The van der Waals surface area contributed by atoms with Crippen LogP contribution in [0.15, 0.2) is 46.9 Å². The number of halogens is 2. The molecule has 0 fully saturated rings. The molecule has 0 heterocycles. The summed E-state index contributed by atoms with van der Waals surface area (Å²) in [7, 11) is 1.42. The minimum Gasteiger partial charge on any atom is -0.465 e. The molecule has 0 saturated heterocycles. The minimum atomic E-state index is -0.283. The Hall–Kier alpha value is -1.14. The van der Waals surface area contributed by atoms with E-state index in [1.165, 1.54) is 37.4 Å². The van der Waals surface area contributed by atoms with Crippen LogP contribution in [-0.4, -0.2) is 13.1 Å². The SMILES string of the molecule is COC(=O)c1ccc2c(c1)CCC(C)C(Br)=C2c1ccc(I)cc1. The summed E-state index contributed by atoms with van der Waals surface area (Å²) < 4.78 is 7.31. The summed E-state index contributed by atoms with van der Waals surface area (Å²) in [4.78, 5) is 11.9. The first-order chi connectivity index (χ1) is 11.5. The van der Waals surface area contributed by atoms with Crippen LogP contribution in [0.1, 0.15) is 40.4 Å². The van der Waals surface area contributed by atoms with E-state index in [0.717, 1.165) is 12.8 Å². The average molecular weight is 497 g/mol. The number of rotatable bonds is 2. The van der Waals surface area contributed by atoms with Crippen molar-refractivity contribution in [2.45, 2.75) is 19.8 Å². The van der Waals surface area contributed by atoms with E-state index >= 15 is 0 Å². The Labute approximate surface area is 164 Å². The van der Waals surface area contributed by atoms with E-state index in [0.29, 0.717) is 11.5 Å². The molecule has 0 aromatic heterocycles. The zero-order valence-corrected chi connectivity index (χ0v) is 17.3. The zero-order chi connectivity index (χ0) is 17.3. The van der Waals surface area contributed by atoms with Crippen molar-refractivity contribution < 1.29 is 9.53 Å². The number of aryl methyl sites for hydroxylation is 1. The highest BCUT2D eigenvalue weighted by Gasteiger charge is 2.23. The summed E-state index contributed by atoms with van der Waals surface area (Å²) in [5.41, 5.74) is 5.43. The van der Waals surface area contributed by atoms with Gasteiger partial charge in [0, 0.05) is 8.05 Å². The average Bonchev–Trinajstić information content (AvgIpc) is 2.72. The Bertz CT molecular complexity index is 809. The Morgan fingerprint density at radius 3 is 2.58 bits per heavy atom. The van der Waals surface area contributed by atoms with Gasteiger partial charge in [-0.1, -0.05) is 41.1 Å². The second-order valence-corrected chi connectivity index (χ2v) is 8.13. The predicted octanol–water partition coefficient (Wildman–Crippen LogP) is 5.81. The third-order valence-electron chi connectivity index (χ3n) is 4.45. The molecule has 2 aromatic rings. The highest BCUT2D eigenvalue weighted by Crippen LogP contribution is 2.40. The van der Waals surface area contributed by atoms with Gasteiger partial charge in [0.05, 0.1) is 12.7 Å². The van der Waals surface area contributed by atoms with Gasteiger partial charge in [-0.25, -0.2) is 4.79 Å². The van der Waals surface area contributed by atoms with Crippen LogP contribution in [0, 0.1) is 9.49 Å². The minimum absolute atomic E-state index is 0.283. The van der Waals surface area contributed by atoms with Crippen molar-refractivity contribution in [2.75, 3.05) is 7.11 Å². The Morgan fingerprint density at radius 2 is 1.92 bits per heavy atom. The zero-order valence-electron chi connectivity index (χ0n) is 13.6. The number of methoxy groups -OCH3 is 1. The molecule has 0 N–H and O–H groups in total. The molecular formula is C20H18BrIO2. The standard InChI is InChI=1S/C20H18BrIO2/c1-12-3-4-14-11-15(20(23)24-2)7-10-17(14)18(19(12)21)13-5-8-16(22)9-6-13/h5-12H,3-4H2,1-2H3. The molecule has 1 atom stereocenters. The molecule has 2 nitrogen and oxygen atoms in total. The number of carbonyl (C=O) groups excluding carboxylic acids is 1. The van der Waals surface area contributed by atoms with Crippen LogP contribution >= 0.6 is 38.5 Å². The van der Waals surface area contributed by atoms with Crippen molar-refractivity contribution in [3.05, 3.63) is 72.8 Å². The molecule has 4 heteroatoms. The first kappa shape index (κ1) is 17.7. The van der Waals surface area contributed by atoms with E-state index in [9.17, 15) is 4.79 Å². The van der Waals surface area contributed by atoms with Gasteiger partial charge in [-0.2, -0.15) is 0 Å². The van der Waals surface area contributed by atoms with Crippen LogP contribution in [-0.2, 0) is 11.2 Å². The van der Waals surface area contributed by atoms with E-state index in [2.05, 4.69) is 69.7 Å². The monoisotopic (exact) mass is 496 g/mol. The van der Waals surface area contributed by atoms with Crippen molar-refractivity contribution in [1.82, 2.24) is 0 Å². The summed E-state index contributed by atoms with van der Waals surface area (Å²) in [5.74, 6) is 0.155. The lowest BCUT2D eigenvalue weighted by Crippen LogP contribution is -2.03. The lowest BCUT2D eigenvalue weighted by atomic mass is 9.92. The summed E-state index contributed by atoms with van der Waals surface area (Å²) in [5, 5.41) is 0. The van der Waals surface area contributed by atoms with Gasteiger partial charge in [0.25, 0.3) is 0 Å². The molecule has 1 unspecified atom stereocenters. The third-order valence-corrected chi connectivity index (χ3v) is 6.34. The van der Waals surface area contributed by atoms with E-state index < -0.39 is 0 Å². The number of fused-ring (bicyclic) bond motifs is 1. The van der Waals surface area contributed by atoms with Gasteiger partial charge in [0.2, 0.25) is 0 Å². The summed E-state index contributed by atoms with van der Waals surface area (Å²) in [6, 6.07) is 14.5. The number of allylic oxidation sites excluding steroid dienone is 1. The summed E-state index contributed by atoms with van der Waals surface area (Å²) in [6.45, 7) is 2.24. The second-order valence-electron chi connectivity index (χ2n) is 6.03. The fourth-order valence-corrected chi connectivity index (χ4v) is 4.10. The van der Waals surface area contributed by atoms with Gasteiger partial charge in [-0.05, 0) is 87.9 Å². The molecule has 124 valence electrons. The van der Waals surface area contributed by atoms with Crippen molar-refractivity contribution in [1.29, 1.82) is 0 Å². The number of hydrogen-bond donors (Lipinski definition) is 0. The second kappa shape index (κ2) is 7.40.